The molecule has 15 heavy (non-hydrogen) atoms. The van der Waals surface area contributed by atoms with Crippen molar-refractivity contribution in [1.29, 1.82) is 0 Å². The molecule has 2 heteroatoms. The van der Waals surface area contributed by atoms with Crippen LogP contribution < -0.4 is 0 Å². The quantitative estimate of drug-likeness (QED) is 0.633. The molecule has 2 fully saturated rings. The fourth-order valence-corrected chi connectivity index (χ4v) is 3.00. The first-order valence-electron chi connectivity index (χ1n) is 6.29. The maximum Gasteiger partial charge on any atom is 0.0709 e. The Bertz CT molecular complexity index is 243. The number of rotatable bonds is 2. The van der Waals surface area contributed by atoms with Crippen LogP contribution in [0.25, 0.3) is 0 Å². The molecule has 2 nitrogen and oxygen atoms in total. The smallest absolute Gasteiger partial charge is 0.0709 e. The van der Waals surface area contributed by atoms with Gasteiger partial charge >= 0.3 is 0 Å². The molecule has 0 bridgehead atoms. The van der Waals surface area contributed by atoms with Crippen LogP contribution >= 0.6 is 0 Å². The van der Waals surface area contributed by atoms with Crippen molar-refractivity contribution in [2.45, 2.75) is 44.7 Å². The van der Waals surface area contributed by atoms with Crippen LogP contribution in [0.5, 0.6) is 0 Å². The summed E-state index contributed by atoms with van der Waals surface area (Å²) in [5.74, 6) is 2.94. The van der Waals surface area contributed by atoms with E-state index < -0.39 is 0 Å². The van der Waals surface area contributed by atoms with E-state index >= 15 is 0 Å². The summed E-state index contributed by atoms with van der Waals surface area (Å²) < 4.78 is 0. The van der Waals surface area contributed by atoms with Crippen LogP contribution in [0.15, 0.2) is 0 Å². The van der Waals surface area contributed by atoms with Crippen LogP contribution in [0.2, 0.25) is 0 Å². The van der Waals surface area contributed by atoms with Crippen LogP contribution in [0.1, 0.15) is 32.6 Å². The van der Waals surface area contributed by atoms with E-state index in [4.69, 9.17) is 6.42 Å². The number of terminal acetylenes is 1. The van der Waals surface area contributed by atoms with Crippen molar-refractivity contribution in [2.24, 2.45) is 0 Å². The van der Waals surface area contributed by atoms with E-state index in [1.807, 2.05) is 0 Å². The zero-order valence-corrected chi connectivity index (χ0v) is 9.78. The summed E-state index contributed by atoms with van der Waals surface area (Å²) in [5, 5.41) is 0. The minimum atomic E-state index is 0.366. The van der Waals surface area contributed by atoms with Crippen LogP contribution in [-0.2, 0) is 0 Å². The van der Waals surface area contributed by atoms with E-state index in [0.29, 0.717) is 6.04 Å². The summed E-state index contributed by atoms with van der Waals surface area (Å²) in [6, 6.07) is 1.15. The fourth-order valence-electron chi connectivity index (χ4n) is 3.00. The minimum absolute atomic E-state index is 0.366. The monoisotopic (exact) mass is 206 g/mol. The first-order valence-corrected chi connectivity index (χ1v) is 6.29. The van der Waals surface area contributed by atoms with E-state index in [1.165, 1.54) is 45.4 Å². The lowest BCUT2D eigenvalue weighted by Crippen LogP contribution is -2.41. The largest absolute Gasteiger partial charge is 0.299 e. The Morgan fingerprint density at radius 1 is 1.33 bits per heavy atom. The number of hydrogen-bond donors (Lipinski definition) is 0. The van der Waals surface area contributed by atoms with E-state index in [2.05, 4.69) is 22.6 Å². The molecular weight excluding hydrogens is 184 g/mol. The highest BCUT2D eigenvalue weighted by Crippen LogP contribution is 2.22. The van der Waals surface area contributed by atoms with Crippen molar-refractivity contribution in [2.75, 3.05) is 26.2 Å². The molecule has 84 valence electrons. The molecule has 0 aromatic rings. The predicted molar refractivity (Wildman–Crippen MR) is 63.7 cm³/mol. The molecule has 2 aliphatic heterocycles. The van der Waals surface area contributed by atoms with Gasteiger partial charge in [-0.25, -0.2) is 0 Å². The summed E-state index contributed by atoms with van der Waals surface area (Å²) in [6.07, 6.45) is 10.7. The SMILES string of the molecule is C#CC(CC)N1CCCN2CCCC2C1. The van der Waals surface area contributed by atoms with E-state index in [9.17, 15) is 0 Å². The van der Waals surface area contributed by atoms with Crippen LogP contribution in [-0.4, -0.2) is 48.1 Å². The molecule has 0 saturated carbocycles. The second-order valence-corrected chi connectivity index (χ2v) is 4.77. The van der Waals surface area contributed by atoms with Gasteiger partial charge in [-0.1, -0.05) is 12.8 Å². The van der Waals surface area contributed by atoms with E-state index in [1.54, 1.807) is 0 Å². The lowest BCUT2D eigenvalue weighted by atomic mass is 10.1. The lowest BCUT2D eigenvalue weighted by Gasteiger charge is -2.29. The van der Waals surface area contributed by atoms with Gasteiger partial charge in [0.15, 0.2) is 0 Å². The van der Waals surface area contributed by atoms with Crippen molar-refractivity contribution in [3.05, 3.63) is 0 Å². The summed E-state index contributed by atoms with van der Waals surface area (Å²) in [4.78, 5) is 5.18. The Kier molecular flexibility index (Phi) is 3.66. The molecular formula is C13H22N2. The van der Waals surface area contributed by atoms with Gasteiger partial charge in [0.2, 0.25) is 0 Å². The topological polar surface area (TPSA) is 6.48 Å². The van der Waals surface area contributed by atoms with Gasteiger partial charge in [0.25, 0.3) is 0 Å². The zero-order valence-electron chi connectivity index (χ0n) is 9.78. The van der Waals surface area contributed by atoms with Gasteiger partial charge in [-0.2, -0.15) is 0 Å². The summed E-state index contributed by atoms with van der Waals surface area (Å²) in [5.41, 5.74) is 0. The first kappa shape index (κ1) is 11.0. The molecule has 0 aromatic carbocycles. The van der Waals surface area contributed by atoms with Gasteiger partial charge in [0.05, 0.1) is 6.04 Å². The maximum atomic E-state index is 5.60. The summed E-state index contributed by atoms with van der Waals surface area (Å²) >= 11 is 0. The normalized spacial score (nSPS) is 30.5. The minimum Gasteiger partial charge on any atom is -0.299 e. The zero-order chi connectivity index (χ0) is 10.7. The Morgan fingerprint density at radius 2 is 2.13 bits per heavy atom. The second kappa shape index (κ2) is 5.01. The molecule has 0 N–H and O–H groups in total. The van der Waals surface area contributed by atoms with Gasteiger partial charge in [0.1, 0.15) is 0 Å². The number of fused-ring (bicyclic) bond motifs is 1. The Morgan fingerprint density at radius 3 is 2.87 bits per heavy atom. The van der Waals surface area contributed by atoms with E-state index in [-0.39, 0.29) is 0 Å². The van der Waals surface area contributed by atoms with Crippen molar-refractivity contribution in [1.82, 2.24) is 9.80 Å². The fraction of sp³-hybridized carbons (Fsp3) is 0.846. The van der Waals surface area contributed by atoms with Crippen LogP contribution in [0.4, 0.5) is 0 Å². The van der Waals surface area contributed by atoms with Gasteiger partial charge < -0.3 is 0 Å². The van der Waals surface area contributed by atoms with E-state index in [0.717, 1.165) is 12.5 Å². The predicted octanol–water partition coefficient (Wildman–Crippen LogP) is 1.57. The average molecular weight is 206 g/mol. The molecule has 2 heterocycles. The standard InChI is InChI=1S/C13H22N2/c1-3-12(4-2)15-10-6-9-14-8-5-7-13(14)11-15/h1,12-13H,4-11H2,2H3. The van der Waals surface area contributed by atoms with Gasteiger partial charge in [-0.15, -0.1) is 6.42 Å². The molecule has 2 atom stereocenters. The molecule has 0 radical (unpaired) electrons. The molecule has 2 unspecified atom stereocenters. The number of nitrogens with zero attached hydrogens (tertiary/aromatic N) is 2. The molecule has 0 amide bonds. The molecule has 2 rings (SSSR count). The molecule has 0 aliphatic carbocycles. The highest BCUT2D eigenvalue weighted by Gasteiger charge is 2.30. The van der Waals surface area contributed by atoms with Crippen molar-refractivity contribution in [3.63, 3.8) is 0 Å². The summed E-state index contributed by atoms with van der Waals surface area (Å²) in [7, 11) is 0. The highest BCUT2D eigenvalue weighted by atomic mass is 15.3. The Hall–Kier alpha value is -0.520. The number of hydrogen-bond acceptors (Lipinski definition) is 2. The third-order valence-electron chi connectivity index (χ3n) is 3.85. The maximum absolute atomic E-state index is 5.60. The second-order valence-electron chi connectivity index (χ2n) is 4.77. The van der Waals surface area contributed by atoms with Crippen LogP contribution in [0, 0.1) is 12.3 Å². The molecule has 0 aromatic heterocycles. The lowest BCUT2D eigenvalue weighted by molar-refractivity contribution is 0.196. The molecule has 2 saturated heterocycles. The third kappa shape index (κ3) is 2.35. The molecule has 2 aliphatic rings. The van der Waals surface area contributed by atoms with Gasteiger partial charge in [-0.3, -0.25) is 9.80 Å². The van der Waals surface area contributed by atoms with Gasteiger partial charge in [-0.05, 0) is 38.8 Å². The molecule has 0 spiro atoms. The van der Waals surface area contributed by atoms with Crippen LogP contribution in [0.3, 0.4) is 0 Å². The van der Waals surface area contributed by atoms with Crippen molar-refractivity contribution < 1.29 is 0 Å². The summed E-state index contributed by atoms with van der Waals surface area (Å²) in [6.45, 7) is 7.17. The van der Waals surface area contributed by atoms with Crippen molar-refractivity contribution >= 4 is 0 Å². The van der Waals surface area contributed by atoms with Gasteiger partial charge in [0, 0.05) is 19.1 Å². The third-order valence-corrected chi connectivity index (χ3v) is 3.85. The Labute approximate surface area is 93.6 Å². The Balaban J connectivity index is 1.99. The highest BCUT2D eigenvalue weighted by molar-refractivity contribution is 5.01. The first-order chi connectivity index (χ1) is 7.35. The average Bonchev–Trinajstić information content (AvgIpc) is 2.59. The van der Waals surface area contributed by atoms with Crippen molar-refractivity contribution in [3.8, 4) is 12.3 Å².